The van der Waals surface area contributed by atoms with Crippen LogP contribution in [-0.2, 0) is 20.9 Å². The molecular formula is C26H25NO7. The number of phenolic OH excluding ortho intramolecular Hbond substituents is 2. The summed E-state index contributed by atoms with van der Waals surface area (Å²) in [5.41, 5.74) is 2.31. The number of benzene rings is 2. The number of aryl methyl sites for hydroxylation is 1. The highest BCUT2D eigenvalue weighted by atomic mass is 16.5. The van der Waals surface area contributed by atoms with Crippen LogP contribution in [0.25, 0.3) is 0 Å². The number of ether oxygens (including phenoxy) is 2. The van der Waals surface area contributed by atoms with Gasteiger partial charge in [-0.15, -0.1) is 0 Å². The molecule has 0 bridgehead atoms. The molecule has 0 aliphatic carbocycles. The van der Waals surface area contributed by atoms with Crippen LogP contribution in [0.5, 0.6) is 17.2 Å². The van der Waals surface area contributed by atoms with Crippen LogP contribution in [0.2, 0.25) is 0 Å². The predicted octanol–water partition coefficient (Wildman–Crippen LogP) is 4.02. The van der Waals surface area contributed by atoms with Gasteiger partial charge in [-0.3, -0.25) is 14.6 Å². The number of hydrogen-bond acceptors (Lipinski definition) is 8. The smallest absolute Gasteiger partial charge is 0.306 e. The molecule has 0 spiro atoms. The second kappa shape index (κ2) is 9.15. The van der Waals surface area contributed by atoms with E-state index in [9.17, 15) is 24.9 Å². The van der Waals surface area contributed by atoms with Crippen LogP contribution in [-0.4, -0.2) is 39.2 Å². The molecule has 0 amide bonds. The van der Waals surface area contributed by atoms with Crippen molar-refractivity contribution in [2.45, 2.75) is 38.9 Å². The minimum absolute atomic E-state index is 0.0154. The third-order valence-corrected chi connectivity index (χ3v) is 6.17. The molecule has 0 saturated carbocycles. The van der Waals surface area contributed by atoms with Crippen LogP contribution in [0.3, 0.4) is 0 Å². The lowest BCUT2D eigenvalue weighted by molar-refractivity contribution is -0.140. The minimum Gasteiger partial charge on any atom is -0.507 e. The highest BCUT2D eigenvalue weighted by molar-refractivity contribution is 5.98. The number of esters is 1. The molecule has 8 heteroatoms. The summed E-state index contributed by atoms with van der Waals surface area (Å²) in [5.74, 6) is -2.60. The van der Waals surface area contributed by atoms with E-state index in [1.165, 1.54) is 20.1 Å². The molecule has 2 atom stereocenters. The molecule has 3 aromatic rings. The molecule has 0 fully saturated rings. The average Bonchev–Trinajstić information content (AvgIpc) is 3.25. The fourth-order valence-electron chi connectivity index (χ4n) is 4.39. The molecule has 34 heavy (non-hydrogen) atoms. The lowest BCUT2D eigenvalue weighted by atomic mass is 9.83. The first kappa shape index (κ1) is 23.3. The zero-order valence-electron chi connectivity index (χ0n) is 19.0. The van der Waals surface area contributed by atoms with E-state index in [0.717, 1.165) is 0 Å². The summed E-state index contributed by atoms with van der Waals surface area (Å²) in [6.07, 6.45) is 0.515. The van der Waals surface area contributed by atoms with E-state index in [0.29, 0.717) is 22.4 Å². The van der Waals surface area contributed by atoms with Crippen LogP contribution in [0, 0.1) is 6.92 Å². The van der Waals surface area contributed by atoms with E-state index in [-0.39, 0.29) is 41.2 Å². The van der Waals surface area contributed by atoms with E-state index in [1.54, 1.807) is 43.5 Å². The van der Waals surface area contributed by atoms with E-state index < -0.39 is 29.5 Å². The molecule has 1 aromatic heterocycles. The lowest BCUT2D eigenvalue weighted by Crippen LogP contribution is -2.13. The maximum atomic E-state index is 12.5. The number of carbonyl (C=O) groups excluding carboxylic acids is 2. The van der Waals surface area contributed by atoms with E-state index in [2.05, 4.69) is 4.98 Å². The van der Waals surface area contributed by atoms with Gasteiger partial charge in [-0.25, -0.2) is 0 Å². The fraction of sp³-hybridized carbons (Fsp3) is 0.269. The normalized spacial score (nSPS) is 15.6. The zero-order chi connectivity index (χ0) is 24.6. The van der Waals surface area contributed by atoms with Gasteiger partial charge in [-0.1, -0.05) is 30.3 Å². The van der Waals surface area contributed by atoms with Crippen LogP contribution in [0.4, 0.5) is 0 Å². The van der Waals surface area contributed by atoms with Crippen molar-refractivity contribution in [3.05, 3.63) is 81.7 Å². The summed E-state index contributed by atoms with van der Waals surface area (Å²) in [5, 5.41) is 33.2. The van der Waals surface area contributed by atoms with Gasteiger partial charge in [0.25, 0.3) is 0 Å². The first-order valence-corrected chi connectivity index (χ1v) is 10.7. The van der Waals surface area contributed by atoms with Gasteiger partial charge in [0, 0.05) is 34.4 Å². The van der Waals surface area contributed by atoms with Crippen molar-refractivity contribution in [2.75, 3.05) is 7.11 Å². The lowest BCUT2D eigenvalue weighted by Gasteiger charge is -2.24. The molecule has 4 rings (SSSR count). The Balaban J connectivity index is 1.98. The van der Waals surface area contributed by atoms with Crippen molar-refractivity contribution in [1.29, 1.82) is 0 Å². The van der Waals surface area contributed by atoms with Gasteiger partial charge < -0.3 is 24.8 Å². The summed E-state index contributed by atoms with van der Waals surface area (Å²) >= 11 is 0. The van der Waals surface area contributed by atoms with Crippen molar-refractivity contribution < 1.29 is 34.4 Å². The van der Waals surface area contributed by atoms with Crippen LogP contribution < -0.4 is 0 Å². The Morgan fingerprint density at radius 1 is 1.15 bits per heavy atom. The Hall–Kier alpha value is -3.91. The number of phenols is 2. The van der Waals surface area contributed by atoms with Gasteiger partial charge in [-0.2, -0.15) is 0 Å². The summed E-state index contributed by atoms with van der Waals surface area (Å²) in [6.45, 7) is 3.10. The van der Waals surface area contributed by atoms with Gasteiger partial charge in [0.1, 0.15) is 23.4 Å². The van der Waals surface area contributed by atoms with Gasteiger partial charge in [0.2, 0.25) is 0 Å². The Kier molecular flexibility index (Phi) is 6.26. The number of pyridine rings is 1. The molecule has 1 aliphatic heterocycles. The highest BCUT2D eigenvalue weighted by Gasteiger charge is 2.36. The maximum absolute atomic E-state index is 12.5. The molecule has 0 unspecified atom stereocenters. The number of fused-ring (bicyclic) bond motifs is 1. The maximum Gasteiger partial charge on any atom is 0.306 e. The number of ketones is 1. The molecule has 3 N–H and O–H groups in total. The van der Waals surface area contributed by atoms with Gasteiger partial charge in [0.15, 0.2) is 5.78 Å². The first-order chi connectivity index (χ1) is 16.2. The van der Waals surface area contributed by atoms with Crippen LogP contribution >= 0.6 is 0 Å². The Morgan fingerprint density at radius 2 is 1.85 bits per heavy atom. The second-order valence-electron chi connectivity index (χ2n) is 8.25. The Bertz CT molecular complexity index is 1270. The monoisotopic (exact) mass is 463 g/mol. The number of rotatable bonds is 6. The van der Waals surface area contributed by atoms with Gasteiger partial charge in [-0.05, 0) is 25.5 Å². The van der Waals surface area contributed by atoms with Crippen molar-refractivity contribution in [2.24, 2.45) is 0 Å². The van der Waals surface area contributed by atoms with Crippen LogP contribution in [0.1, 0.15) is 69.2 Å². The zero-order valence-corrected chi connectivity index (χ0v) is 19.0. The molecule has 2 heterocycles. The standard InChI is InChI=1S/C26H25NO7/c1-13-23(30)21-16(11-27-13)12-34-26(21)19-9-17(14(2)28)24(31)22(25(19)32)18(10-20(29)33-3)15-7-5-4-6-8-15/h4-9,11,18,26,30-32H,10,12H2,1-3H3/t18-,26+/m1/s1. The SMILES string of the molecule is COC(=O)C[C@H](c1ccccc1)c1c(O)c(C(C)=O)cc([C@@H]2OCc3cnc(C)c(O)c32)c1O. The largest absolute Gasteiger partial charge is 0.507 e. The highest BCUT2D eigenvalue weighted by Crippen LogP contribution is 2.50. The van der Waals surface area contributed by atoms with Crippen molar-refractivity contribution in [3.63, 3.8) is 0 Å². The molecule has 0 saturated heterocycles. The summed E-state index contributed by atoms with van der Waals surface area (Å²) in [6, 6.07) is 10.2. The Labute approximate surface area is 196 Å². The average molecular weight is 463 g/mol. The van der Waals surface area contributed by atoms with Gasteiger partial charge >= 0.3 is 5.97 Å². The van der Waals surface area contributed by atoms with E-state index >= 15 is 0 Å². The third kappa shape index (κ3) is 3.97. The molecular weight excluding hydrogens is 438 g/mol. The molecule has 0 radical (unpaired) electrons. The first-order valence-electron chi connectivity index (χ1n) is 10.7. The number of hydrogen-bond donors (Lipinski definition) is 3. The second-order valence-corrected chi connectivity index (χ2v) is 8.25. The topological polar surface area (TPSA) is 126 Å². The molecule has 8 nitrogen and oxygen atoms in total. The Morgan fingerprint density at radius 3 is 2.50 bits per heavy atom. The number of Topliss-reactive ketones (excluding diaryl/α,β-unsaturated/α-hetero) is 1. The number of aromatic nitrogens is 1. The van der Waals surface area contributed by atoms with E-state index in [4.69, 9.17) is 9.47 Å². The fourth-order valence-corrected chi connectivity index (χ4v) is 4.39. The molecule has 1 aliphatic rings. The summed E-state index contributed by atoms with van der Waals surface area (Å²) in [4.78, 5) is 28.9. The third-order valence-electron chi connectivity index (χ3n) is 6.17. The summed E-state index contributed by atoms with van der Waals surface area (Å²) < 4.78 is 10.8. The quantitative estimate of drug-likeness (QED) is 0.370. The van der Waals surface area contributed by atoms with Gasteiger partial charge in [0.05, 0.1) is 31.4 Å². The molecule has 176 valence electrons. The van der Waals surface area contributed by atoms with Crippen molar-refractivity contribution in [3.8, 4) is 17.2 Å². The number of nitrogens with zero attached hydrogens (tertiary/aromatic N) is 1. The minimum atomic E-state index is -0.899. The predicted molar refractivity (Wildman–Crippen MR) is 122 cm³/mol. The van der Waals surface area contributed by atoms with E-state index in [1.807, 2.05) is 0 Å². The number of carbonyl (C=O) groups is 2. The number of methoxy groups -OCH3 is 1. The molecule has 2 aromatic carbocycles. The summed E-state index contributed by atoms with van der Waals surface area (Å²) in [7, 11) is 1.25. The van der Waals surface area contributed by atoms with Crippen LogP contribution in [0.15, 0.2) is 42.6 Å². The van der Waals surface area contributed by atoms with Crippen molar-refractivity contribution in [1.82, 2.24) is 4.98 Å². The number of aromatic hydroxyl groups is 3. The van der Waals surface area contributed by atoms with Crippen molar-refractivity contribution >= 4 is 11.8 Å².